The molecule has 1 saturated heterocycles. The Morgan fingerprint density at radius 2 is 2.24 bits per heavy atom. The Hall–Kier alpha value is -1.62. The highest BCUT2D eigenvalue weighted by Crippen LogP contribution is 2.21. The van der Waals surface area contributed by atoms with Crippen molar-refractivity contribution >= 4 is 11.8 Å². The summed E-state index contributed by atoms with van der Waals surface area (Å²) >= 11 is 0. The summed E-state index contributed by atoms with van der Waals surface area (Å²) in [4.78, 5) is 17.3. The quantitative estimate of drug-likeness (QED) is 0.817. The Kier molecular flexibility index (Phi) is 3.58. The van der Waals surface area contributed by atoms with Crippen molar-refractivity contribution in [2.75, 3.05) is 25.0 Å². The lowest BCUT2D eigenvalue weighted by Crippen LogP contribution is -2.42. The Bertz CT molecular complexity index is 402. The van der Waals surface area contributed by atoms with Crippen molar-refractivity contribution in [1.29, 1.82) is 0 Å². The van der Waals surface area contributed by atoms with Crippen LogP contribution in [0, 0.1) is 0 Å². The third kappa shape index (κ3) is 2.55. The van der Waals surface area contributed by atoms with E-state index in [1.165, 1.54) is 0 Å². The number of hydrogen-bond acceptors (Lipinski definition) is 4. The van der Waals surface area contributed by atoms with Gasteiger partial charge in [0, 0.05) is 19.3 Å². The highest BCUT2D eigenvalue weighted by atomic mass is 16.4. The number of nitrogens with one attached hydrogen (secondary N) is 1. The minimum Gasteiger partial charge on any atom is -0.478 e. The predicted molar refractivity (Wildman–Crippen MR) is 65.5 cm³/mol. The maximum atomic E-state index is 11.1. The van der Waals surface area contributed by atoms with E-state index in [0.717, 1.165) is 25.9 Å². The van der Waals surface area contributed by atoms with E-state index in [1.807, 2.05) is 11.9 Å². The summed E-state index contributed by atoms with van der Waals surface area (Å²) in [5.41, 5.74) is 0.272. The van der Waals surface area contributed by atoms with Crippen LogP contribution < -0.4 is 10.2 Å². The molecule has 17 heavy (non-hydrogen) atoms. The first-order chi connectivity index (χ1) is 8.20. The molecule has 92 valence electrons. The second-order valence-corrected chi connectivity index (χ2v) is 4.27. The summed E-state index contributed by atoms with van der Waals surface area (Å²) in [7, 11) is 1.92. The zero-order valence-electron chi connectivity index (χ0n) is 9.89. The molecule has 0 saturated carbocycles. The molecule has 0 unspecified atom stereocenters. The molecule has 1 aromatic rings. The predicted octanol–water partition coefficient (Wildman–Crippen LogP) is 0.968. The maximum Gasteiger partial charge on any atom is 0.339 e. The first-order valence-electron chi connectivity index (χ1n) is 5.82. The second kappa shape index (κ2) is 5.14. The molecule has 0 spiro atoms. The number of pyridine rings is 1. The van der Waals surface area contributed by atoms with Gasteiger partial charge in [-0.2, -0.15) is 0 Å². The van der Waals surface area contributed by atoms with Crippen molar-refractivity contribution in [3.05, 3.63) is 23.9 Å². The molecule has 1 fully saturated rings. The minimum absolute atomic E-state index is 0.272. The van der Waals surface area contributed by atoms with Gasteiger partial charge in [-0.05, 0) is 38.1 Å². The molecule has 0 atom stereocenters. The van der Waals surface area contributed by atoms with Crippen LogP contribution in [0.4, 0.5) is 5.82 Å². The van der Waals surface area contributed by atoms with Crippen LogP contribution in [0.3, 0.4) is 0 Å². The fourth-order valence-corrected chi connectivity index (χ4v) is 2.21. The van der Waals surface area contributed by atoms with E-state index in [0.29, 0.717) is 11.9 Å². The number of carboxylic acid groups (broad SMARTS) is 1. The molecule has 5 heteroatoms. The van der Waals surface area contributed by atoms with Gasteiger partial charge in [0.2, 0.25) is 0 Å². The second-order valence-electron chi connectivity index (χ2n) is 4.27. The van der Waals surface area contributed by atoms with Gasteiger partial charge >= 0.3 is 5.97 Å². The number of nitrogens with zero attached hydrogens (tertiary/aromatic N) is 2. The van der Waals surface area contributed by atoms with Crippen LogP contribution in [0.15, 0.2) is 18.3 Å². The topological polar surface area (TPSA) is 65.5 Å². The Morgan fingerprint density at radius 3 is 2.88 bits per heavy atom. The molecular weight excluding hydrogens is 218 g/mol. The highest BCUT2D eigenvalue weighted by Gasteiger charge is 2.22. The first kappa shape index (κ1) is 11.9. The van der Waals surface area contributed by atoms with E-state index in [9.17, 15) is 4.79 Å². The van der Waals surface area contributed by atoms with E-state index in [-0.39, 0.29) is 5.56 Å². The molecule has 0 amide bonds. The minimum atomic E-state index is -0.922. The number of carbonyl (C=O) groups is 1. The van der Waals surface area contributed by atoms with Gasteiger partial charge in [0.25, 0.3) is 0 Å². The number of rotatable bonds is 3. The molecule has 0 aliphatic carbocycles. The van der Waals surface area contributed by atoms with Crippen molar-refractivity contribution in [1.82, 2.24) is 10.3 Å². The van der Waals surface area contributed by atoms with Gasteiger partial charge in [-0.25, -0.2) is 9.78 Å². The fraction of sp³-hybridized carbons (Fsp3) is 0.500. The standard InChI is InChI=1S/C12H17N3O2/c1-15(9-4-7-13-8-5-9)11-10(12(16)17)3-2-6-14-11/h2-3,6,9,13H,4-5,7-8H2,1H3,(H,16,17). The van der Waals surface area contributed by atoms with Crippen LogP contribution in [-0.2, 0) is 0 Å². The maximum absolute atomic E-state index is 11.1. The number of hydrogen-bond donors (Lipinski definition) is 2. The molecule has 2 heterocycles. The van der Waals surface area contributed by atoms with Gasteiger partial charge in [0.1, 0.15) is 11.4 Å². The van der Waals surface area contributed by atoms with Crippen molar-refractivity contribution < 1.29 is 9.90 Å². The Labute approximate surface area is 100 Å². The van der Waals surface area contributed by atoms with E-state index < -0.39 is 5.97 Å². The van der Waals surface area contributed by atoms with Gasteiger partial charge in [-0.15, -0.1) is 0 Å². The third-order valence-corrected chi connectivity index (χ3v) is 3.21. The summed E-state index contributed by atoms with van der Waals surface area (Å²) in [6, 6.07) is 3.62. The van der Waals surface area contributed by atoms with Crippen LogP contribution in [0.5, 0.6) is 0 Å². The molecule has 0 radical (unpaired) electrons. The van der Waals surface area contributed by atoms with Gasteiger partial charge in [0.15, 0.2) is 0 Å². The number of aromatic nitrogens is 1. The first-order valence-corrected chi connectivity index (χ1v) is 5.82. The Morgan fingerprint density at radius 1 is 1.53 bits per heavy atom. The molecular formula is C12H17N3O2. The molecule has 5 nitrogen and oxygen atoms in total. The molecule has 2 rings (SSSR count). The summed E-state index contributed by atoms with van der Waals surface area (Å²) in [6.07, 6.45) is 3.68. The highest BCUT2D eigenvalue weighted by molar-refractivity contribution is 5.93. The summed E-state index contributed by atoms with van der Waals surface area (Å²) in [6.45, 7) is 1.95. The fourth-order valence-electron chi connectivity index (χ4n) is 2.21. The third-order valence-electron chi connectivity index (χ3n) is 3.21. The number of piperidine rings is 1. The zero-order valence-corrected chi connectivity index (χ0v) is 9.89. The van der Waals surface area contributed by atoms with Crippen molar-refractivity contribution in [3.63, 3.8) is 0 Å². The van der Waals surface area contributed by atoms with Crippen LogP contribution in [-0.4, -0.2) is 42.2 Å². The van der Waals surface area contributed by atoms with E-state index in [2.05, 4.69) is 10.3 Å². The zero-order chi connectivity index (χ0) is 12.3. The van der Waals surface area contributed by atoms with Gasteiger partial charge in [0.05, 0.1) is 0 Å². The monoisotopic (exact) mass is 235 g/mol. The number of carboxylic acids is 1. The summed E-state index contributed by atoms with van der Waals surface area (Å²) in [5.74, 6) is -0.360. The van der Waals surface area contributed by atoms with Crippen LogP contribution in [0.2, 0.25) is 0 Å². The van der Waals surface area contributed by atoms with Crippen molar-refractivity contribution in [3.8, 4) is 0 Å². The van der Waals surface area contributed by atoms with E-state index >= 15 is 0 Å². The lowest BCUT2D eigenvalue weighted by Gasteiger charge is -2.33. The number of anilines is 1. The summed E-state index contributed by atoms with van der Waals surface area (Å²) < 4.78 is 0. The molecule has 1 aromatic heterocycles. The van der Waals surface area contributed by atoms with Crippen molar-refractivity contribution in [2.24, 2.45) is 0 Å². The molecule has 1 aliphatic heterocycles. The van der Waals surface area contributed by atoms with Crippen LogP contribution in [0.1, 0.15) is 23.2 Å². The lowest BCUT2D eigenvalue weighted by molar-refractivity contribution is 0.0697. The Balaban J connectivity index is 2.23. The van der Waals surface area contributed by atoms with Gasteiger partial charge in [-0.1, -0.05) is 0 Å². The average Bonchev–Trinajstić information content (AvgIpc) is 2.39. The van der Waals surface area contributed by atoms with Crippen LogP contribution in [0.25, 0.3) is 0 Å². The van der Waals surface area contributed by atoms with E-state index in [4.69, 9.17) is 5.11 Å². The average molecular weight is 235 g/mol. The molecule has 2 N–H and O–H groups in total. The smallest absolute Gasteiger partial charge is 0.339 e. The lowest BCUT2D eigenvalue weighted by atomic mass is 10.0. The number of aromatic carboxylic acids is 1. The molecule has 1 aliphatic rings. The SMILES string of the molecule is CN(c1ncccc1C(=O)O)C1CCNCC1. The normalized spacial score (nSPS) is 16.8. The van der Waals surface area contributed by atoms with Crippen molar-refractivity contribution in [2.45, 2.75) is 18.9 Å². The largest absolute Gasteiger partial charge is 0.478 e. The van der Waals surface area contributed by atoms with Gasteiger partial charge < -0.3 is 15.3 Å². The molecule has 0 aromatic carbocycles. The van der Waals surface area contributed by atoms with Gasteiger partial charge in [-0.3, -0.25) is 0 Å². The molecule has 0 bridgehead atoms. The van der Waals surface area contributed by atoms with Crippen LogP contribution >= 0.6 is 0 Å². The summed E-state index contributed by atoms with van der Waals surface area (Å²) in [5, 5.41) is 12.4. The van der Waals surface area contributed by atoms with E-state index in [1.54, 1.807) is 18.3 Å².